The van der Waals surface area contributed by atoms with Crippen LogP contribution < -0.4 is 15.6 Å². The zero-order valence-corrected chi connectivity index (χ0v) is 24.2. The number of amides is 2. The van der Waals surface area contributed by atoms with Gasteiger partial charge in [0.2, 0.25) is 5.95 Å². The Kier molecular flexibility index (Phi) is 9.51. The fourth-order valence-corrected chi connectivity index (χ4v) is 4.07. The molecule has 2 amide bonds. The number of aromatic nitrogens is 5. The summed E-state index contributed by atoms with van der Waals surface area (Å²) >= 11 is 0. The molecule has 0 unspecified atom stereocenters. The molecule has 13 heteroatoms. The van der Waals surface area contributed by atoms with Crippen molar-refractivity contribution in [3.05, 3.63) is 45.6 Å². The fraction of sp³-hybridized carbons (Fsp3) is 0.481. The Bertz CT molecular complexity index is 1470. The highest BCUT2D eigenvalue weighted by atomic mass is 16.6. The highest BCUT2D eigenvalue weighted by molar-refractivity contribution is 5.84. The number of nitrogens with one attached hydrogen (secondary N) is 2. The molecule has 0 fully saturated rings. The lowest BCUT2D eigenvalue weighted by atomic mass is 10.0. The third kappa shape index (κ3) is 6.96. The quantitative estimate of drug-likeness (QED) is 0.473. The number of aromatic amines is 1. The van der Waals surface area contributed by atoms with E-state index in [2.05, 4.69) is 30.1 Å². The van der Waals surface area contributed by atoms with Crippen molar-refractivity contribution in [1.82, 2.24) is 29.6 Å². The van der Waals surface area contributed by atoms with Crippen LogP contribution in [-0.2, 0) is 16.0 Å². The first-order chi connectivity index (χ1) is 19.0. The van der Waals surface area contributed by atoms with Gasteiger partial charge in [-0.3, -0.25) is 24.8 Å². The molecule has 0 radical (unpaired) electrons. The SMILES string of the molecule is CC.COC(=O)Nc1nc2c(C)nn(Cc3ncc(C4=CCN(C(=O)OC(C)(C)C)CC4)cc3OC)c2c(=O)[nH]1. The van der Waals surface area contributed by atoms with Gasteiger partial charge < -0.3 is 19.1 Å². The zero-order chi connectivity index (χ0) is 29.6. The number of pyridine rings is 1. The van der Waals surface area contributed by atoms with Gasteiger partial charge in [0.25, 0.3) is 5.56 Å². The van der Waals surface area contributed by atoms with Crippen molar-refractivity contribution in [3.8, 4) is 5.75 Å². The Labute approximate surface area is 232 Å². The van der Waals surface area contributed by atoms with E-state index < -0.39 is 17.3 Å². The third-order valence-corrected chi connectivity index (χ3v) is 5.85. The first-order valence-electron chi connectivity index (χ1n) is 13.0. The number of carbonyl (C=O) groups is 2. The van der Waals surface area contributed by atoms with E-state index in [1.807, 2.05) is 46.8 Å². The minimum absolute atomic E-state index is 0.0388. The van der Waals surface area contributed by atoms with Gasteiger partial charge in [-0.2, -0.15) is 5.10 Å². The largest absolute Gasteiger partial charge is 0.495 e. The van der Waals surface area contributed by atoms with Crippen LogP contribution in [0.15, 0.2) is 23.1 Å². The summed E-state index contributed by atoms with van der Waals surface area (Å²) in [5.41, 5.74) is 2.58. The highest BCUT2D eigenvalue weighted by Crippen LogP contribution is 2.28. The summed E-state index contributed by atoms with van der Waals surface area (Å²) in [6.07, 6.45) is 3.29. The number of fused-ring (bicyclic) bond motifs is 1. The summed E-state index contributed by atoms with van der Waals surface area (Å²) in [5.74, 6) is 0.496. The Morgan fingerprint density at radius 3 is 2.52 bits per heavy atom. The minimum Gasteiger partial charge on any atom is -0.495 e. The van der Waals surface area contributed by atoms with E-state index in [4.69, 9.17) is 9.47 Å². The fourth-order valence-electron chi connectivity index (χ4n) is 4.07. The van der Waals surface area contributed by atoms with E-state index in [0.29, 0.717) is 42.2 Å². The van der Waals surface area contributed by atoms with Crippen LogP contribution in [0, 0.1) is 6.92 Å². The monoisotopic (exact) mass is 555 g/mol. The molecule has 40 heavy (non-hydrogen) atoms. The molecule has 3 aromatic rings. The van der Waals surface area contributed by atoms with E-state index in [-0.39, 0.29) is 24.1 Å². The molecule has 13 nitrogen and oxygen atoms in total. The number of hydrogen-bond acceptors (Lipinski definition) is 9. The summed E-state index contributed by atoms with van der Waals surface area (Å²) in [6.45, 7) is 12.4. The number of hydrogen-bond donors (Lipinski definition) is 2. The second-order valence-electron chi connectivity index (χ2n) is 9.75. The molecular weight excluding hydrogens is 518 g/mol. The molecular formula is C27H37N7O6. The summed E-state index contributed by atoms with van der Waals surface area (Å²) in [5, 5.41) is 6.81. The number of ether oxygens (including phenoxy) is 3. The van der Waals surface area contributed by atoms with E-state index in [1.54, 1.807) is 25.1 Å². The minimum atomic E-state index is -0.753. The maximum absolute atomic E-state index is 12.8. The van der Waals surface area contributed by atoms with Crippen molar-refractivity contribution < 1.29 is 23.8 Å². The lowest BCUT2D eigenvalue weighted by Gasteiger charge is -2.29. The number of H-pyrrole nitrogens is 1. The van der Waals surface area contributed by atoms with Gasteiger partial charge >= 0.3 is 12.2 Å². The number of rotatable bonds is 5. The van der Waals surface area contributed by atoms with Crippen LogP contribution in [0.1, 0.15) is 58.0 Å². The molecule has 0 atom stereocenters. The maximum Gasteiger partial charge on any atom is 0.413 e. The van der Waals surface area contributed by atoms with Crippen LogP contribution >= 0.6 is 0 Å². The number of anilines is 1. The normalized spacial score (nSPS) is 13.2. The van der Waals surface area contributed by atoms with Crippen LogP contribution in [0.3, 0.4) is 0 Å². The molecule has 0 aromatic carbocycles. The van der Waals surface area contributed by atoms with Crippen LogP contribution in [0.5, 0.6) is 5.75 Å². The molecule has 3 aromatic heterocycles. The average Bonchev–Trinajstić information content (AvgIpc) is 3.24. The van der Waals surface area contributed by atoms with Gasteiger partial charge in [-0.25, -0.2) is 14.6 Å². The third-order valence-electron chi connectivity index (χ3n) is 5.85. The van der Waals surface area contributed by atoms with Crippen molar-refractivity contribution in [1.29, 1.82) is 0 Å². The van der Waals surface area contributed by atoms with Gasteiger partial charge in [0, 0.05) is 19.3 Å². The van der Waals surface area contributed by atoms with Gasteiger partial charge in [-0.15, -0.1) is 0 Å². The Hall–Kier alpha value is -4.42. The molecule has 0 saturated carbocycles. The highest BCUT2D eigenvalue weighted by Gasteiger charge is 2.24. The molecule has 4 rings (SSSR count). The smallest absolute Gasteiger partial charge is 0.413 e. The van der Waals surface area contributed by atoms with Gasteiger partial charge in [0.05, 0.1) is 26.5 Å². The van der Waals surface area contributed by atoms with Crippen molar-refractivity contribution in [2.45, 2.75) is 60.1 Å². The predicted octanol–water partition coefficient (Wildman–Crippen LogP) is 4.11. The van der Waals surface area contributed by atoms with Crippen molar-refractivity contribution in [2.24, 2.45) is 0 Å². The maximum atomic E-state index is 12.8. The van der Waals surface area contributed by atoms with Gasteiger partial charge in [-0.1, -0.05) is 19.9 Å². The van der Waals surface area contributed by atoms with Crippen LogP contribution in [0.25, 0.3) is 16.6 Å². The summed E-state index contributed by atoms with van der Waals surface area (Å²) in [4.78, 5) is 49.8. The van der Waals surface area contributed by atoms with Gasteiger partial charge in [0.1, 0.15) is 22.6 Å². The Morgan fingerprint density at radius 1 is 1.20 bits per heavy atom. The van der Waals surface area contributed by atoms with E-state index in [9.17, 15) is 14.4 Å². The lowest BCUT2D eigenvalue weighted by Crippen LogP contribution is -2.39. The van der Waals surface area contributed by atoms with Crippen molar-refractivity contribution in [3.63, 3.8) is 0 Å². The molecule has 2 N–H and O–H groups in total. The zero-order valence-electron chi connectivity index (χ0n) is 24.2. The molecule has 0 saturated heterocycles. The first-order valence-corrected chi connectivity index (χ1v) is 13.0. The number of carbonyl (C=O) groups excluding carboxylic acids is 2. The van der Waals surface area contributed by atoms with E-state index >= 15 is 0 Å². The Morgan fingerprint density at radius 2 is 1.93 bits per heavy atom. The molecule has 1 aliphatic rings. The standard InChI is InChI=1S/C25H31N7O6.C2H6/c1-14-19-20(21(33)28-22(27-19)29-23(34)37-6)32(30-14)13-17-18(36-5)11-16(12-26-17)15-7-9-31(10-8-15)24(35)38-25(2,3)4;1-2/h7,11-12H,8-10,13H2,1-6H3,(H2,27,28,29,33,34);1-2H3. The molecule has 1 aliphatic heterocycles. The number of nitrogens with zero attached hydrogens (tertiary/aromatic N) is 5. The summed E-state index contributed by atoms with van der Waals surface area (Å²) < 4.78 is 17.1. The molecule has 4 heterocycles. The van der Waals surface area contributed by atoms with E-state index in [1.165, 1.54) is 11.8 Å². The van der Waals surface area contributed by atoms with Crippen LogP contribution in [-0.4, -0.2) is 74.7 Å². The molecule has 216 valence electrons. The van der Waals surface area contributed by atoms with Gasteiger partial charge in [-0.05, 0) is 51.3 Å². The number of methoxy groups -OCH3 is 2. The van der Waals surface area contributed by atoms with E-state index in [0.717, 1.165) is 11.1 Å². The molecule has 0 spiro atoms. The van der Waals surface area contributed by atoms with Crippen molar-refractivity contribution >= 4 is 34.7 Å². The summed E-state index contributed by atoms with van der Waals surface area (Å²) in [6, 6.07) is 1.89. The first kappa shape index (κ1) is 30.1. The van der Waals surface area contributed by atoms with Crippen LogP contribution in [0.4, 0.5) is 15.5 Å². The predicted molar refractivity (Wildman–Crippen MR) is 151 cm³/mol. The van der Waals surface area contributed by atoms with Crippen LogP contribution in [0.2, 0.25) is 0 Å². The second-order valence-corrected chi connectivity index (χ2v) is 9.75. The summed E-state index contributed by atoms with van der Waals surface area (Å²) in [7, 11) is 2.76. The van der Waals surface area contributed by atoms with Gasteiger partial charge in [0.15, 0.2) is 5.52 Å². The van der Waals surface area contributed by atoms with Crippen molar-refractivity contribution in [2.75, 3.05) is 32.6 Å². The lowest BCUT2D eigenvalue weighted by molar-refractivity contribution is 0.0270. The second kappa shape index (κ2) is 12.6. The Balaban J connectivity index is 0.00000216. The topological polar surface area (TPSA) is 154 Å². The number of aryl methyl sites for hydroxylation is 1. The average molecular weight is 556 g/mol. The molecule has 0 bridgehead atoms. The molecule has 0 aliphatic carbocycles.